The van der Waals surface area contributed by atoms with Crippen molar-refractivity contribution in [2.75, 3.05) is 11.9 Å². The lowest BCUT2D eigenvalue weighted by molar-refractivity contribution is 0.112. The molecular weight excluding hydrogens is 226 g/mol. The minimum Gasteiger partial charge on any atom is -0.370 e. The molecule has 0 aliphatic carbocycles. The molecule has 4 heteroatoms. The average Bonchev–Trinajstić information content (AvgIpc) is 2.86. The van der Waals surface area contributed by atoms with E-state index in [-0.39, 0.29) is 0 Å². The third kappa shape index (κ3) is 2.46. The number of carbonyl (C=O) groups excluding carboxylic acids is 1. The first-order valence-corrected chi connectivity index (χ1v) is 6.38. The summed E-state index contributed by atoms with van der Waals surface area (Å²) >= 11 is 3.19. The van der Waals surface area contributed by atoms with E-state index in [1.54, 1.807) is 11.3 Å². The second-order valence-corrected chi connectivity index (χ2v) is 5.04. The van der Waals surface area contributed by atoms with Gasteiger partial charge in [-0.15, -0.1) is 11.3 Å². The van der Waals surface area contributed by atoms with E-state index in [0.29, 0.717) is 0 Å². The van der Waals surface area contributed by atoms with Gasteiger partial charge < -0.3 is 4.90 Å². The SMILES string of the molecule is CN(Cc1ccsc1)c1csc(C=O)c1. The molecule has 0 aromatic carbocycles. The van der Waals surface area contributed by atoms with Crippen molar-refractivity contribution < 1.29 is 4.79 Å². The van der Waals surface area contributed by atoms with Crippen LogP contribution in [0.2, 0.25) is 0 Å². The highest BCUT2D eigenvalue weighted by atomic mass is 32.1. The number of rotatable bonds is 4. The molecule has 2 rings (SSSR count). The predicted octanol–water partition coefficient (Wildman–Crippen LogP) is 3.26. The summed E-state index contributed by atoms with van der Waals surface area (Å²) in [5.41, 5.74) is 2.41. The van der Waals surface area contributed by atoms with Gasteiger partial charge in [-0.3, -0.25) is 4.79 Å². The molecule has 2 aromatic heterocycles. The van der Waals surface area contributed by atoms with Crippen molar-refractivity contribution >= 4 is 34.6 Å². The molecule has 78 valence electrons. The fraction of sp³-hybridized carbons (Fsp3) is 0.182. The van der Waals surface area contributed by atoms with E-state index in [9.17, 15) is 4.79 Å². The largest absolute Gasteiger partial charge is 0.370 e. The number of hydrogen-bond acceptors (Lipinski definition) is 4. The Morgan fingerprint density at radius 1 is 1.47 bits per heavy atom. The molecule has 0 atom stereocenters. The summed E-state index contributed by atoms with van der Waals surface area (Å²) in [6, 6.07) is 4.04. The maximum atomic E-state index is 10.6. The van der Waals surface area contributed by atoms with Crippen LogP contribution in [-0.2, 0) is 6.54 Å². The summed E-state index contributed by atoms with van der Waals surface area (Å²) in [6.07, 6.45) is 0.895. The van der Waals surface area contributed by atoms with E-state index in [0.717, 1.165) is 23.4 Å². The molecule has 0 aliphatic heterocycles. The number of hydrogen-bond donors (Lipinski definition) is 0. The Morgan fingerprint density at radius 3 is 2.93 bits per heavy atom. The molecule has 0 aliphatic rings. The normalized spacial score (nSPS) is 10.2. The summed E-state index contributed by atoms with van der Waals surface area (Å²) in [7, 11) is 2.04. The number of aldehydes is 1. The van der Waals surface area contributed by atoms with Crippen LogP contribution in [0, 0.1) is 0 Å². The van der Waals surface area contributed by atoms with Gasteiger partial charge in [0.25, 0.3) is 0 Å². The minimum atomic E-state index is 0.780. The highest BCUT2D eigenvalue weighted by Crippen LogP contribution is 2.22. The average molecular weight is 237 g/mol. The van der Waals surface area contributed by atoms with Crippen molar-refractivity contribution in [3.63, 3.8) is 0 Å². The first-order chi connectivity index (χ1) is 7.29. The van der Waals surface area contributed by atoms with Crippen molar-refractivity contribution in [3.05, 3.63) is 38.7 Å². The zero-order valence-corrected chi connectivity index (χ0v) is 9.98. The minimum absolute atomic E-state index is 0.780. The van der Waals surface area contributed by atoms with Gasteiger partial charge in [0.2, 0.25) is 0 Å². The van der Waals surface area contributed by atoms with E-state index in [1.165, 1.54) is 16.9 Å². The van der Waals surface area contributed by atoms with Crippen molar-refractivity contribution in [1.82, 2.24) is 0 Å². The molecular formula is C11H11NOS2. The Morgan fingerprint density at radius 2 is 2.33 bits per heavy atom. The second-order valence-electron chi connectivity index (χ2n) is 3.31. The van der Waals surface area contributed by atoms with Gasteiger partial charge >= 0.3 is 0 Å². The summed E-state index contributed by atoms with van der Waals surface area (Å²) in [6.45, 7) is 0.887. The summed E-state index contributed by atoms with van der Waals surface area (Å²) in [5.74, 6) is 0. The molecule has 2 aromatic rings. The maximum absolute atomic E-state index is 10.6. The van der Waals surface area contributed by atoms with Crippen molar-refractivity contribution in [2.24, 2.45) is 0 Å². The molecule has 0 spiro atoms. The molecule has 0 fully saturated rings. The van der Waals surface area contributed by atoms with Crippen molar-refractivity contribution in [3.8, 4) is 0 Å². The fourth-order valence-corrected chi connectivity index (χ4v) is 2.76. The fourth-order valence-electron chi connectivity index (χ4n) is 1.35. The number of anilines is 1. The zero-order chi connectivity index (χ0) is 10.7. The standard InChI is InChI=1S/C11H11NOS2/c1-12(5-9-2-3-14-7-9)10-4-11(6-13)15-8-10/h2-4,6-8H,5H2,1H3. The quantitative estimate of drug-likeness (QED) is 0.761. The summed E-state index contributed by atoms with van der Waals surface area (Å²) in [5, 5.41) is 6.23. The first-order valence-electron chi connectivity index (χ1n) is 4.55. The highest BCUT2D eigenvalue weighted by Gasteiger charge is 2.05. The third-order valence-electron chi connectivity index (χ3n) is 2.16. The topological polar surface area (TPSA) is 20.3 Å². The summed E-state index contributed by atoms with van der Waals surface area (Å²) in [4.78, 5) is 13.5. The smallest absolute Gasteiger partial charge is 0.160 e. The van der Waals surface area contributed by atoms with E-state index < -0.39 is 0 Å². The van der Waals surface area contributed by atoms with Crippen LogP contribution in [0.5, 0.6) is 0 Å². The van der Waals surface area contributed by atoms with E-state index in [2.05, 4.69) is 21.7 Å². The van der Waals surface area contributed by atoms with Crippen LogP contribution in [0.15, 0.2) is 28.3 Å². The molecule has 2 nitrogen and oxygen atoms in total. The van der Waals surface area contributed by atoms with Gasteiger partial charge in [0, 0.05) is 24.7 Å². The van der Waals surface area contributed by atoms with Gasteiger partial charge in [0.15, 0.2) is 6.29 Å². The highest BCUT2D eigenvalue weighted by molar-refractivity contribution is 7.12. The third-order valence-corrected chi connectivity index (χ3v) is 3.74. The predicted molar refractivity (Wildman–Crippen MR) is 66.1 cm³/mol. The summed E-state index contributed by atoms with van der Waals surface area (Å²) < 4.78 is 0. The lowest BCUT2D eigenvalue weighted by atomic mass is 10.3. The lowest BCUT2D eigenvalue weighted by Crippen LogP contribution is -2.14. The van der Waals surface area contributed by atoms with Gasteiger partial charge in [-0.1, -0.05) is 0 Å². The van der Waals surface area contributed by atoms with Crippen LogP contribution < -0.4 is 4.90 Å². The van der Waals surface area contributed by atoms with Crippen LogP contribution in [0.3, 0.4) is 0 Å². The molecule has 0 N–H and O–H groups in total. The van der Waals surface area contributed by atoms with Gasteiger partial charge in [-0.05, 0) is 28.5 Å². The Hall–Kier alpha value is -1.13. The van der Waals surface area contributed by atoms with Crippen molar-refractivity contribution in [2.45, 2.75) is 6.54 Å². The van der Waals surface area contributed by atoms with Crippen molar-refractivity contribution in [1.29, 1.82) is 0 Å². The Kier molecular flexibility index (Phi) is 3.18. The second kappa shape index (κ2) is 4.59. The Balaban J connectivity index is 2.07. The monoisotopic (exact) mass is 237 g/mol. The van der Waals surface area contributed by atoms with Crippen LogP contribution in [0.4, 0.5) is 5.69 Å². The van der Waals surface area contributed by atoms with Crippen LogP contribution >= 0.6 is 22.7 Å². The van der Waals surface area contributed by atoms with E-state index in [1.807, 2.05) is 18.5 Å². The Labute approximate surface area is 96.8 Å². The maximum Gasteiger partial charge on any atom is 0.160 e. The zero-order valence-electron chi connectivity index (χ0n) is 8.34. The van der Waals surface area contributed by atoms with Gasteiger partial charge in [0.1, 0.15) is 0 Å². The van der Waals surface area contributed by atoms with Crippen LogP contribution in [0.25, 0.3) is 0 Å². The molecule has 0 bridgehead atoms. The van der Waals surface area contributed by atoms with E-state index in [4.69, 9.17) is 0 Å². The molecule has 0 saturated heterocycles. The first kappa shape index (κ1) is 10.4. The molecule has 0 saturated carbocycles. The lowest BCUT2D eigenvalue weighted by Gasteiger charge is -2.16. The van der Waals surface area contributed by atoms with E-state index >= 15 is 0 Å². The van der Waals surface area contributed by atoms with Gasteiger partial charge in [0.05, 0.1) is 4.88 Å². The van der Waals surface area contributed by atoms with Gasteiger partial charge in [-0.25, -0.2) is 0 Å². The van der Waals surface area contributed by atoms with Crippen LogP contribution in [0.1, 0.15) is 15.2 Å². The number of carbonyl (C=O) groups is 1. The van der Waals surface area contributed by atoms with Crippen LogP contribution in [-0.4, -0.2) is 13.3 Å². The molecule has 0 radical (unpaired) electrons. The number of thiophene rings is 2. The molecule has 0 amide bonds. The molecule has 0 unspecified atom stereocenters. The number of nitrogens with zero attached hydrogens (tertiary/aromatic N) is 1. The molecule has 15 heavy (non-hydrogen) atoms. The molecule has 2 heterocycles. The Bertz CT molecular complexity index is 433. The van der Waals surface area contributed by atoms with Gasteiger partial charge in [-0.2, -0.15) is 11.3 Å².